The van der Waals surface area contributed by atoms with E-state index in [-0.39, 0.29) is 0 Å². The number of aromatic amines is 1. The number of H-pyrrole nitrogens is 1. The Hall–Kier alpha value is -0.870. The monoisotopic (exact) mass is 236 g/mol. The van der Waals surface area contributed by atoms with Gasteiger partial charge >= 0.3 is 0 Å². The van der Waals surface area contributed by atoms with Crippen LogP contribution in [0.25, 0.3) is 0 Å². The molecule has 0 saturated carbocycles. The number of rotatable bonds is 5. The molecule has 2 heterocycles. The summed E-state index contributed by atoms with van der Waals surface area (Å²) < 4.78 is 0. The Bertz CT molecular complexity index is 313. The maximum absolute atomic E-state index is 4.28. The van der Waals surface area contributed by atoms with Crippen LogP contribution in [0.1, 0.15) is 37.1 Å². The van der Waals surface area contributed by atoms with Crippen molar-refractivity contribution in [2.24, 2.45) is 0 Å². The second kappa shape index (κ2) is 6.77. The topological polar surface area (TPSA) is 44.0 Å². The highest BCUT2D eigenvalue weighted by atomic mass is 15.1. The number of nitrogens with zero attached hydrogens (tertiary/aromatic N) is 2. The molecule has 0 amide bonds. The fraction of sp³-hybridized carbons (Fsp3) is 0.769. The van der Waals surface area contributed by atoms with Crippen LogP contribution in [0.15, 0.2) is 6.33 Å². The average Bonchev–Trinajstić information content (AvgIpc) is 2.60. The highest BCUT2D eigenvalue weighted by Crippen LogP contribution is 2.08. The predicted molar refractivity (Wildman–Crippen MR) is 69.9 cm³/mol. The minimum Gasteiger partial charge on any atom is -0.348 e. The summed E-state index contributed by atoms with van der Waals surface area (Å²) in [5.74, 6) is 0. The fourth-order valence-electron chi connectivity index (χ4n) is 2.37. The summed E-state index contributed by atoms with van der Waals surface area (Å²) in [5.41, 5.74) is 2.31. The van der Waals surface area contributed by atoms with E-state index in [1.165, 1.54) is 51.0 Å². The third-order valence-corrected chi connectivity index (χ3v) is 3.53. The molecule has 0 radical (unpaired) electrons. The normalized spacial score (nSPS) is 18.2. The molecule has 0 spiro atoms. The van der Waals surface area contributed by atoms with Crippen LogP contribution in [0.3, 0.4) is 0 Å². The molecular formula is C13H24N4. The summed E-state index contributed by atoms with van der Waals surface area (Å²) in [7, 11) is 0. The Morgan fingerprint density at radius 1 is 1.29 bits per heavy atom. The molecule has 17 heavy (non-hydrogen) atoms. The largest absolute Gasteiger partial charge is 0.348 e. The fourth-order valence-corrected chi connectivity index (χ4v) is 2.37. The zero-order valence-corrected chi connectivity index (χ0v) is 10.8. The van der Waals surface area contributed by atoms with E-state index in [2.05, 4.69) is 27.1 Å². The smallest absolute Gasteiger partial charge is 0.0925 e. The highest BCUT2D eigenvalue weighted by molar-refractivity contribution is 5.07. The van der Waals surface area contributed by atoms with Crippen molar-refractivity contribution in [1.82, 2.24) is 20.2 Å². The van der Waals surface area contributed by atoms with E-state index in [9.17, 15) is 0 Å². The van der Waals surface area contributed by atoms with Gasteiger partial charge in [-0.2, -0.15) is 0 Å². The van der Waals surface area contributed by atoms with E-state index in [0.717, 1.165) is 18.8 Å². The van der Waals surface area contributed by atoms with Gasteiger partial charge < -0.3 is 15.2 Å². The van der Waals surface area contributed by atoms with Crippen molar-refractivity contribution in [3.8, 4) is 0 Å². The first-order valence-electron chi connectivity index (χ1n) is 6.78. The molecule has 1 saturated heterocycles. The molecule has 0 unspecified atom stereocenters. The molecule has 1 aliphatic rings. The number of nitrogens with one attached hydrogen (secondary N) is 2. The summed E-state index contributed by atoms with van der Waals surface area (Å²) in [6, 6.07) is 0. The molecule has 0 atom stereocenters. The van der Waals surface area contributed by atoms with Gasteiger partial charge in [0.25, 0.3) is 0 Å². The van der Waals surface area contributed by atoms with Crippen LogP contribution in [0.5, 0.6) is 0 Å². The Balaban J connectivity index is 1.61. The number of aromatic nitrogens is 2. The Morgan fingerprint density at radius 2 is 2.06 bits per heavy atom. The zero-order valence-electron chi connectivity index (χ0n) is 10.8. The van der Waals surface area contributed by atoms with Crippen LogP contribution in [-0.2, 0) is 6.54 Å². The van der Waals surface area contributed by atoms with Gasteiger partial charge in [-0.25, -0.2) is 4.98 Å². The van der Waals surface area contributed by atoms with Crippen LogP contribution < -0.4 is 5.32 Å². The molecule has 0 aliphatic carbocycles. The van der Waals surface area contributed by atoms with Gasteiger partial charge in [0.2, 0.25) is 0 Å². The second-order valence-corrected chi connectivity index (χ2v) is 4.91. The Kier molecular flexibility index (Phi) is 5.01. The molecule has 1 aromatic heterocycles. The number of aryl methyl sites for hydroxylation is 1. The lowest BCUT2D eigenvalue weighted by Crippen LogP contribution is -2.32. The lowest BCUT2D eigenvalue weighted by molar-refractivity contribution is 0.284. The maximum atomic E-state index is 4.28. The molecule has 4 nitrogen and oxygen atoms in total. The molecule has 96 valence electrons. The van der Waals surface area contributed by atoms with Gasteiger partial charge in [0.15, 0.2) is 0 Å². The summed E-state index contributed by atoms with van der Waals surface area (Å²) in [6.45, 7) is 7.74. The van der Waals surface area contributed by atoms with E-state index >= 15 is 0 Å². The first-order chi connectivity index (χ1) is 8.36. The standard InChI is InChI=1S/C13H24N4/c1-12-13(16-11-15-12)10-14-6-9-17-7-4-2-3-5-8-17/h11,14H,2-10H2,1H3,(H,15,16). The van der Waals surface area contributed by atoms with Gasteiger partial charge in [0, 0.05) is 25.3 Å². The van der Waals surface area contributed by atoms with Crippen molar-refractivity contribution in [2.45, 2.75) is 39.2 Å². The molecule has 4 heteroatoms. The van der Waals surface area contributed by atoms with Crippen LogP contribution >= 0.6 is 0 Å². The lowest BCUT2D eigenvalue weighted by atomic mass is 10.2. The van der Waals surface area contributed by atoms with Gasteiger partial charge in [0.1, 0.15) is 0 Å². The number of imidazole rings is 1. The highest BCUT2D eigenvalue weighted by Gasteiger charge is 2.08. The first kappa shape index (κ1) is 12.6. The third kappa shape index (κ3) is 4.13. The van der Waals surface area contributed by atoms with Gasteiger partial charge in [-0.1, -0.05) is 12.8 Å². The molecular weight excluding hydrogens is 212 g/mol. The van der Waals surface area contributed by atoms with Crippen molar-refractivity contribution in [3.05, 3.63) is 17.7 Å². The Labute approximate surface area is 104 Å². The Morgan fingerprint density at radius 3 is 2.71 bits per heavy atom. The molecule has 1 fully saturated rings. The maximum Gasteiger partial charge on any atom is 0.0925 e. The SMILES string of the molecule is Cc1[nH]cnc1CNCCN1CCCCCC1. The van der Waals surface area contributed by atoms with E-state index in [0.29, 0.717) is 0 Å². The van der Waals surface area contributed by atoms with Crippen LogP contribution in [0.4, 0.5) is 0 Å². The van der Waals surface area contributed by atoms with Crippen molar-refractivity contribution in [3.63, 3.8) is 0 Å². The molecule has 1 aromatic rings. The van der Waals surface area contributed by atoms with Crippen molar-refractivity contribution >= 4 is 0 Å². The molecule has 2 N–H and O–H groups in total. The lowest BCUT2D eigenvalue weighted by Gasteiger charge is -2.19. The van der Waals surface area contributed by atoms with Crippen molar-refractivity contribution in [1.29, 1.82) is 0 Å². The van der Waals surface area contributed by atoms with Gasteiger partial charge in [-0.15, -0.1) is 0 Å². The average molecular weight is 236 g/mol. The summed E-state index contributed by atoms with van der Waals surface area (Å²) in [4.78, 5) is 9.97. The molecule has 0 aromatic carbocycles. The third-order valence-electron chi connectivity index (χ3n) is 3.53. The quantitative estimate of drug-likeness (QED) is 0.765. The van der Waals surface area contributed by atoms with E-state index in [4.69, 9.17) is 0 Å². The number of hydrogen-bond donors (Lipinski definition) is 2. The van der Waals surface area contributed by atoms with E-state index in [1.807, 2.05) is 0 Å². The number of likely N-dealkylation sites (tertiary alicyclic amines) is 1. The van der Waals surface area contributed by atoms with Crippen LogP contribution in [0, 0.1) is 6.92 Å². The first-order valence-corrected chi connectivity index (χ1v) is 6.78. The van der Waals surface area contributed by atoms with Gasteiger partial charge in [-0.3, -0.25) is 0 Å². The number of hydrogen-bond acceptors (Lipinski definition) is 3. The van der Waals surface area contributed by atoms with Crippen LogP contribution in [0.2, 0.25) is 0 Å². The molecule has 0 bridgehead atoms. The summed E-state index contributed by atoms with van der Waals surface area (Å²) in [6.07, 6.45) is 7.34. The molecule has 1 aliphatic heterocycles. The van der Waals surface area contributed by atoms with E-state index < -0.39 is 0 Å². The predicted octanol–water partition coefficient (Wildman–Crippen LogP) is 1.68. The zero-order chi connectivity index (χ0) is 11.9. The summed E-state index contributed by atoms with van der Waals surface area (Å²) in [5, 5.41) is 3.47. The van der Waals surface area contributed by atoms with Crippen LogP contribution in [-0.4, -0.2) is 41.0 Å². The van der Waals surface area contributed by atoms with Gasteiger partial charge in [-0.05, 0) is 32.9 Å². The molecule has 2 rings (SSSR count). The summed E-state index contributed by atoms with van der Waals surface area (Å²) >= 11 is 0. The van der Waals surface area contributed by atoms with Gasteiger partial charge in [0.05, 0.1) is 12.0 Å². The van der Waals surface area contributed by atoms with Crippen molar-refractivity contribution < 1.29 is 0 Å². The van der Waals surface area contributed by atoms with Crippen molar-refractivity contribution in [2.75, 3.05) is 26.2 Å². The van der Waals surface area contributed by atoms with E-state index in [1.54, 1.807) is 6.33 Å². The minimum atomic E-state index is 0.878. The second-order valence-electron chi connectivity index (χ2n) is 4.91. The minimum absolute atomic E-state index is 0.878.